The smallest absolute Gasteiger partial charge is 0.225 e. The van der Waals surface area contributed by atoms with Gasteiger partial charge in [-0.05, 0) is 38.5 Å². The van der Waals surface area contributed by atoms with E-state index in [1.165, 1.54) is 0 Å². The number of carbonyl (C=O) groups excluding carboxylic acids is 3. The second-order valence-corrected chi connectivity index (χ2v) is 5.85. The molecule has 4 nitrogen and oxygen atoms in total. The lowest BCUT2D eigenvalue weighted by atomic mass is 9.80. The Morgan fingerprint density at radius 3 is 2.14 bits per heavy atom. The minimum absolute atomic E-state index is 0.0424. The zero-order valence-corrected chi connectivity index (χ0v) is 14.2. The molecule has 1 aliphatic carbocycles. The molecule has 4 heteroatoms. The summed E-state index contributed by atoms with van der Waals surface area (Å²) in [6, 6.07) is 0. The predicted octanol–water partition coefficient (Wildman–Crippen LogP) is 3.09. The highest BCUT2D eigenvalue weighted by Gasteiger charge is 2.26. The number of amides is 1. The van der Waals surface area contributed by atoms with Crippen LogP contribution >= 0.6 is 0 Å². The van der Waals surface area contributed by atoms with Crippen molar-refractivity contribution in [3.63, 3.8) is 0 Å². The fourth-order valence-corrected chi connectivity index (χ4v) is 2.85. The second-order valence-electron chi connectivity index (χ2n) is 5.85. The molecule has 122 valence electrons. The molecule has 0 radical (unpaired) electrons. The molecule has 0 aliphatic heterocycles. The fourth-order valence-electron chi connectivity index (χ4n) is 2.85. The van der Waals surface area contributed by atoms with E-state index >= 15 is 0 Å². The molecule has 1 aliphatic rings. The van der Waals surface area contributed by atoms with Gasteiger partial charge in [0.05, 0.1) is 0 Å². The van der Waals surface area contributed by atoms with Crippen molar-refractivity contribution in [3.05, 3.63) is 0 Å². The van der Waals surface area contributed by atoms with Crippen molar-refractivity contribution in [3.8, 4) is 0 Å². The minimum atomic E-state index is -0.226. The van der Waals surface area contributed by atoms with Crippen LogP contribution in [0.2, 0.25) is 0 Å². The number of aldehydes is 1. The van der Waals surface area contributed by atoms with Crippen LogP contribution in [0.3, 0.4) is 0 Å². The van der Waals surface area contributed by atoms with Crippen molar-refractivity contribution >= 4 is 18.0 Å². The molecule has 0 aromatic heterocycles. The van der Waals surface area contributed by atoms with Gasteiger partial charge in [0.1, 0.15) is 12.1 Å². The summed E-state index contributed by atoms with van der Waals surface area (Å²) >= 11 is 0. The lowest BCUT2D eigenvalue weighted by Gasteiger charge is -2.31. The summed E-state index contributed by atoms with van der Waals surface area (Å²) in [5.41, 5.74) is 0. The molecule has 0 bridgehead atoms. The number of rotatable bonds is 6. The molecule has 1 rings (SSSR count). The topological polar surface area (TPSA) is 54.5 Å². The molecule has 1 amide bonds. The highest BCUT2D eigenvalue weighted by molar-refractivity contribution is 5.80. The van der Waals surface area contributed by atoms with Crippen LogP contribution in [-0.4, -0.2) is 36.5 Å². The monoisotopic (exact) mass is 297 g/mol. The largest absolute Gasteiger partial charge is 0.345 e. The summed E-state index contributed by atoms with van der Waals surface area (Å²) in [4.78, 5) is 35.5. The van der Waals surface area contributed by atoms with Gasteiger partial charge in [0.2, 0.25) is 5.91 Å². The Kier molecular flexibility index (Phi) is 9.93. The maximum Gasteiger partial charge on any atom is 0.225 e. The van der Waals surface area contributed by atoms with Gasteiger partial charge in [-0.1, -0.05) is 20.8 Å². The maximum atomic E-state index is 12.0. The number of Topliss-reactive ketones (excluding diaryl/α,β-unsaturated/α-hetero) is 1. The maximum absolute atomic E-state index is 12.0. The highest BCUT2D eigenvalue weighted by Crippen LogP contribution is 2.29. The van der Waals surface area contributed by atoms with Gasteiger partial charge in [0.25, 0.3) is 0 Å². The molecule has 1 unspecified atom stereocenters. The van der Waals surface area contributed by atoms with Gasteiger partial charge < -0.3 is 9.69 Å². The molecule has 21 heavy (non-hydrogen) atoms. The van der Waals surface area contributed by atoms with Gasteiger partial charge in [-0.15, -0.1) is 0 Å². The van der Waals surface area contributed by atoms with E-state index in [0.717, 1.165) is 38.5 Å². The van der Waals surface area contributed by atoms with E-state index in [1.807, 2.05) is 13.8 Å². The zero-order chi connectivity index (χ0) is 16.4. The van der Waals surface area contributed by atoms with E-state index < -0.39 is 0 Å². The Bertz CT molecular complexity index is 333. The number of ketones is 1. The Balaban J connectivity index is 0.00000191. The Labute approximate surface area is 129 Å². The third-order valence-corrected chi connectivity index (χ3v) is 4.20. The molecule has 1 saturated carbocycles. The summed E-state index contributed by atoms with van der Waals surface area (Å²) in [7, 11) is 1.81. The number of hydrogen-bond donors (Lipinski definition) is 0. The average molecular weight is 297 g/mol. The van der Waals surface area contributed by atoms with E-state index in [1.54, 1.807) is 25.8 Å². The van der Waals surface area contributed by atoms with Crippen molar-refractivity contribution in [1.29, 1.82) is 0 Å². The first kappa shape index (κ1) is 19.8. The summed E-state index contributed by atoms with van der Waals surface area (Å²) in [5, 5.41) is 0. The number of carbonyl (C=O) groups is 3. The fraction of sp³-hybridized carbons (Fsp3) is 0.824. The van der Waals surface area contributed by atoms with Gasteiger partial charge in [0, 0.05) is 31.8 Å². The standard InChI is InChI=1S/C15H25NO3.C2H6/c1-11(8-9-17)15(19)16(3)10-13-4-6-14(7-5-13)12(2)18;1-2/h9,11,13-14H,4-8,10H2,1-3H3;1-2H3. The first-order valence-corrected chi connectivity index (χ1v) is 8.14. The molecule has 0 aromatic rings. The molecular weight excluding hydrogens is 266 g/mol. The number of nitrogens with zero attached hydrogens (tertiary/aromatic N) is 1. The summed E-state index contributed by atoms with van der Waals surface area (Å²) in [6.45, 7) is 8.20. The van der Waals surface area contributed by atoms with E-state index in [2.05, 4.69) is 0 Å². The van der Waals surface area contributed by atoms with Crippen molar-refractivity contribution in [2.24, 2.45) is 17.8 Å². The Hall–Kier alpha value is -1.19. The molecule has 0 spiro atoms. The van der Waals surface area contributed by atoms with Crippen molar-refractivity contribution in [1.82, 2.24) is 4.90 Å². The normalized spacial score (nSPS) is 22.5. The van der Waals surface area contributed by atoms with Crippen molar-refractivity contribution < 1.29 is 14.4 Å². The van der Waals surface area contributed by atoms with Gasteiger partial charge in [-0.25, -0.2) is 0 Å². The minimum Gasteiger partial charge on any atom is -0.345 e. The third kappa shape index (κ3) is 6.87. The van der Waals surface area contributed by atoms with E-state index in [9.17, 15) is 14.4 Å². The summed E-state index contributed by atoms with van der Waals surface area (Å²) in [5.74, 6) is 0.832. The van der Waals surface area contributed by atoms with Crippen LogP contribution in [0.25, 0.3) is 0 Å². The first-order valence-electron chi connectivity index (χ1n) is 8.14. The zero-order valence-electron chi connectivity index (χ0n) is 14.2. The van der Waals surface area contributed by atoms with Crippen LogP contribution < -0.4 is 0 Å². The highest BCUT2D eigenvalue weighted by atomic mass is 16.2. The van der Waals surface area contributed by atoms with Crippen LogP contribution in [-0.2, 0) is 14.4 Å². The third-order valence-electron chi connectivity index (χ3n) is 4.20. The van der Waals surface area contributed by atoms with Crippen molar-refractivity contribution in [2.75, 3.05) is 13.6 Å². The Morgan fingerprint density at radius 1 is 1.19 bits per heavy atom. The lowest BCUT2D eigenvalue weighted by molar-refractivity contribution is -0.135. The second kappa shape index (κ2) is 10.5. The van der Waals surface area contributed by atoms with Crippen LogP contribution in [0.4, 0.5) is 0 Å². The summed E-state index contributed by atoms with van der Waals surface area (Å²) < 4.78 is 0. The summed E-state index contributed by atoms with van der Waals surface area (Å²) in [6.07, 6.45) is 5.03. The SMILES string of the molecule is CC.CC(=O)C1CCC(CN(C)C(=O)C(C)CC=O)CC1. The van der Waals surface area contributed by atoms with Gasteiger partial charge in [-0.3, -0.25) is 9.59 Å². The molecule has 0 saturated heterocycles. The number of hydrogen-bond acceptors (Lipinski definition) is 3. The molecular formula is C17H31NO3. The molecule has 1 atom stereocenters. The molecule has 0 N–H and O–H groups in total. The van der Waals surface area contributed by atoms with Gasteiger partial charge in [-0.2, -0.15) is 0 Å². The predicted molar refractivity (Wildman–Crippen MR) is 85.0 cm³/mol. The average Bonchev–Trinajstić information content (AvgIpc) is 2.49. The quantitative estimate of drug-likeness (QED) is 0.708. The van der Waals surface area contributed by atoms with Gasteiger partial charge in [0.15, 0.2) is 0 Å². The van der Waals surface area contributed by atoms with Crippen LogP contribution in [0, 0.1) is 17.8 Å². The van der Waals surface area contributed by atoms with Crippen LogP contribution in [0.15, 0.2) is 0 Å². The van der Waals surface area contributed by atoms with E-state index in [4.69, 9.17) is 0 Å². The Morgan fingerprint density at radius 2 is 1.71 bits per heavy atom. The molecule has 0 aromatic carbocycles. The van der Waals surface area contributed by atoms with Crippen molar-refractivity contribution in [2.45, 2.75) is 59.8 Å². The van der Waals surface area contributed by atoms with Crippen LogP contribution in [0.5, 0.6) is 0 Å². The first-order chi connectivity index (χ1) is 9.95. The molecule has 1 fully saturated rings. The van der Waals surface area contributed by atoms with E-state index in [0.29, 0.717) is 18.1 Å². The van der Waals surface area contributed by atoms with Crippen LogP contribution in [0.1, 0.15) is 59.8 Å². The van der Waals surface area contributed by atoms with E-state index in [-0.39, 0.29) is 17.7 Å². The molecule has 0 heterocycles. The van der Waals surface area contributed by atoms with Gasteiger partial charge >= 0.3 is 0 Å². The lowest BCUT2D eigenvalue weighted by Crippen LogP contribution is -2.37.